The normalized spacial score (nSPS) is 11.5. The lowest BCUT2D eigenvalue weighted by atomic mass is 10.2. The second-order valence-corrected chi connectivity index (χ2v) is 6.60. The van der Waals surface area contributed by atoms with E-state index in [1.54, 1.807) is 0 Å². The Morgan fingerprint density at radius 2 is 1.36 bits per heavy atom. The number of hydrogen-bond donors (Lipinski definition) is 0. The maximum atomic E-state index is 13.1. The summed E-state index contributed by atoms with van der Waals surface area (Å²) < 4.78 is 3.93. The zero-order valence-corrected chi connectivity index (χ0v) is 15.5. The molecule has 4 aromatic rings. The van der Waals surface area contributed by atoms with Crippen LogP contribution < -0.4 is 9.67 Å². The van der Waals surface area contributed by atoms with Gasteiger partial charge in [0.1, 0.15) is 25.5 Å². The Morgan fingerprint density at radius 3 is 2.00 bits per heavy atom. The Kier molecular flexibility index (Phi) is 5.29. The van der Waals surface area contributed by atoms with Gasteiger partial charge in [-0.15, -0.1) is 0 Å². The number of aromatic nitrogens is 2. The highest BCUT2D eigenvalue weighted by Gasteiger charge is 2.18. The van der Waals surface area contributed by atoms with Gasteiger partial charge in [0.15, 0.2) is 0 Å². The molecule has 0 radical (unpaired) electrons. The van der Waals surface area contributed by atoms with Crippen LogP contribution in [0, 0.1) is 0 Å². The summed E-state index contributed by atoms with van der Waals surface area (Å²) in [6.45, 7) is 1.24. The minimum absolute atomic E-state index is 0.247. The molecule has 28 heavy (non-hydrogen) atoms. The molecule has 1 aromatic heterocycles. The van der Waals surface area contributed by atoms with E-state index in [4.69, 9.17) is 0 Å². The summed E-state index contributed by atoms with van der Waals surface area (Å²) in [6.07, 6.45) is 3.90. The molecule has 0 spiro atoms. The van der Waals surface area contributed by atoms with Crippen molar-refractivity contribution in [1.82, 2.24) is 4.57 Å². The zero-order valence-electron chi connectivity index (χ0n) is 15.5. The van der Waals surface area contributed by atoms with Crippen LogP contribution in [0.15, 0.2) is 108 Å². The Labute approximate surface area is 164 Å². The molecule has 1 heterocycles. The van der Waals surface area contributed by atoms with Crippen LogP contribution in [0.1, 0.15) is 17.0 Å². The second kappa shape index (κ2) is 8.35. The molecule has 0 saturated heterocycles. The molecule has 0 amide bonds. The third-order valence-corrected chi connectivity index (χ3v) is 4.54. The summed E-state index contributed by atoms with van der Waals surface area (Å²) in [7, 11) is 0. The third-order valence-electron chi connectivity index (χ3n) is 4.54. The largest absolute Gasteiger partial charge is 0.853 e. The van der Waals surface area contributed by atoms with Crippen molar-refractivity contribution in [1.29, 1.82) is 0 Å². The molecule has 3 aromatic carbocycles. The van der Waals surface area contributed by atoms with Crippen LogP contribution in [0.25, 0.3) is 0 Å². The summed E-state index contributed by atoms with van der Waals surface area (Å²) in [5.41, 5.74) is 2.93. The van der Waals surface area contributed by atoms with Gasteiger partial charge < -0.3 is 5.11 Å². The Morgan fingerprint density at radius 1 is 0.786 bits per heavy atom. The molecule has 0 aliphatic rings. The van der Waals surface area contributed by atoms with Gasteiger partial charge in [0.05, 0.1) is 11.6 Å². The molecule has 0 saturated carbocycles. The predicted octanol–water partition coefficient (Wildman–Crippen LogP) is 3.31. The minimum atomic E-state index is -0.247. The van der Waals surface area contributed by atoms with Gasteiger partial charge in [0.25, 0.3) is 5.82 Å². The molecule has 0 fully saturated rings. The highest BCUT2D eigenvalue weighted by Crippen LogP contribution is 2.12. The first-order chi connectivity index (χ1) is 13.8. The Balaban J connectivity index is 1.73. The number of imidazole rings is 1. The Hall–Kier alpha value is -3.66. The van der Waals surface area contributed by atoms with Crippen molar-refractivity contribution in [2.45, 2.75) is 13.1 Å². The van der Waals surface area contributed by atoms with E-state index in [0.717, 1.165) is 11.1 Å². The van der Waals surface area contributed by atoms with Crippen molar-refractivity contribution >= 4 is 11.6 Å². The van der Waals surface area contributed by atoms with Crippen molar-refractivity contribution in [2.75, 3.05) is 0 Å². The fourth-order valence-electron chi connectivity index (χ4n) is 3.20. The number of benzene rings is 3. The smallest absolute Gasteiger partial charge is 0.293 e. The fourth-order valence-corrected chi connectivity index (χ4v) is 3.20. The van der Waals surface area contributed by atoms with Crippen molar-refractivity contribution in [3.05, 3.63) is 120 Å². The molecule has 0 bridgehead atoms. The number of aliphatic imine (C=N–C) groups is 1. The molecule has 4 nitrogen and oxygen atoms in total. The fraction of sp³-hybridized carbons (Fsp3) is 0.0833. The average molecular weight is 367 g/mol. The lowest BCUT2D eigenvalue weighted by molar-refractivity contribution is -0.691. The monoisotopic (exact) mass is 367 g/mol. The molecule has 4 rings (SSSR count). The van der Waals surface area contributed by atoms with Crippen LogP contribution in [0.2, 0.25) is 0 Å². The van der Waals surface area contributed by atoms with Gasteiger partial charge >= 0.3 is 0 Å². The molecular formula is C24H21N3O. The predicted molar refractivity (Wildman–Crippen MR) is 108 cm³/mol. The number of hydrogen-bond acceptors (Lipinski definition) is 2. The number of rotatable bonds is 6. The highest BCUT2D eigenvalue weighted by atomic mass is 16.3. The van der Waals surface area contributed by atoms with E-state index in [1.807, 2.05) is 88.3 Å². The molecule has 138 valence electrons. The van der Waals surface area contributed by atoms with E-state index < -0.39 is 0 Å². The Bertz CT molecular complexity index is 996. The molecular weight excluding hydrogens is 346 g/mol. The summed E-state index contributed by atoms with van der Waals surface area (Å²) in [5, 5.41) is 13.1. The second-order valence-electron chi connectivity index (χ2n) is 6.60. The third kappa shape index (κ3) is 4.18. The first kappa shape index (κ1) is 17.7. The lowest BCUT2D eigenvalue weighted by Crippen LogP contribution is -2.43. The maximum Gasteiger partial charge on any atom is 0.293 e. The number of nitrogens with zero attached hydrogens (tertiary/aromatic N) is 3. The molecule has 0 unspecified atom stereocenters. The molecule has 0 N–H and O–H groups in total. The average Bonchev–Trinajstić information content (AvgIpc) is 3.12. The van der Waals surface area contributed by atoms with E-state index in [9.17, 15) is 5.11 Å². The highest BCUT2D eigenvalue weighted by molar-refractivity contribution is 5.87. The van der Waals surface area contributed by atoms with Gasteiger partial charge in [0.2, 0.25) is 0 Å². The van der Waals surface area contributed by atoms with Gasteiger partial charge in [0, 0.05) is 0 Å². The molecule has 0 aliphatic heterocycles. The first-order valence-corrected chi connectivity index (χ1v) is 9.27. The van der Waals surface area contributed by atoms with Crippen molar-refractivity contribution in [3.8, 4) is 0 Å². The van der Waals surface area contributed by atoms with Gasteiger partial charge in [-0.1, -0.05) is 78.9 Å². The van der Waals surface area contributed by atoms with Gasteiger partial charge in [-0.2, -0.15) is 0 Å². The van der Waals surface area contributed by atoms with Crippen molar-refractivity contribution in [3.63, 3.8) is 0 Å². The zero-order chi connectivity index (χ0) is 19.2. The van der Waals surface area contributed by atoms with E-state index in [1.165, 1.54) is 0 Å². The van der Waals surface area contributed by atoms with E-state index in [0.29, 0.717) is 24.6 Å². The van der Waals surface area contributed by atoms with Crippen molar-refractivity contribution < 1.29 is 9.67 Å². The SMILES string of the molecule is [O-]C(=Nc1ccccc1)c1n(Cc2ccccc2)cc[n+]1Cc1ccccc1. The van der Waals surface area contributed by atoms with Crippen LogP contribution in [-0.4, -0.2) is 10.5 Å². The first-order valence-electron chi connectivity index (χ1n) is 9.27. The van der Waals surface area contributed by atoms with E-state index in [-0.39, 0.29) is 5.90 Å². The van der Waals surface area contributed by atoms with Gasteiger partial charge in [-0.3, -0.25) is 4.99 Å². The molecule has 0 atom stereocenters. The molecule has 4 heteroatoms. The summed E-state index contributed by atoms with van der Waals surface area (Å²) in [4.78, 5) is 4.33. The quantitative estimate of drug-likeness (QED) is 0.293. The topological polar surface area (TPSA) is 44.2 Å². The van der Waals surface area contributed by atoms with E-state index in [2.05, 4.69) is 29.3 Å². The maximum absolute atomic E-state index is 13.1. The minimum Gasteiger partial charge on any atom is -0.853 e. The standard InChI is InChI=1S/C24H21N3O/c28-23(25-22-14-8-3-9-15-22)24-26(18-20-10-4-1-5-11-20)16-17-27(24)19-21-12-6-2-7-13-21/h1-17H,18-19H2. The van der Waals surface area contributed by atoms with Crippen LogP contribution in [-0.2, 0) is 13.1 Å². The summed E-state index contributed by atoms with van der Waals surface area (Å²) in [5.74, 6) is 0.319. The van der Waals surface area contributed by atoms with Crippen LogP contribution in [0.5, 0.6) is 0 Å². The molecule has 0 aliphatic carbocycles. The van der Waals surface area contributed by atoms with Crippen LogP contribution in [0.4, 0.5) is 5.69 Å². The summed E-state index contributed by atoms with van der Waals surface area (Å²) >= 11 is 0. The van der Waals surface area contributed by atoms with E-state index >= 15 is 0 Å². The van der Waals surface area contributed by atoms with Crippen LogP contribution in [0.3, 0.4) is 0 Å². The lowest BCUT2D eigenvalue weighted by Gasteiger charge is -2.11. The number of para-hydroxylation sites is 1. The van der Waals surface area contributed by atoms with Crippen LogP contribution >= 0.6 is 0 Å². The summed E-state index contributed by atoms with van der Waals surface area (Å²) in [6, 6.07) is 29.6. The van der Waals surface area contributed by atoms with Crippen molar-refractivity contribution in [2.24, 2.45) is 4.99 Å². The van der Waals surface area contributed by atoms with Gasteiger partial charge in [-0.25, -0.2) is 9.13 Å². The van der Waals surface area contributed by atoms with Gasteiger partial charge in [-0.05, 0) is 23.3 Å².